The Balaban J connectivity index is 1.78. The highest BCUT2D eigenvalue weighted by Gasteiger charge is 2.50. The van der Waals surface area contributed by atoms with E-state index >= 15 is 0 Å². The normalized spacial score (nSPS) is 18.9. The van der Waals surface area contributed by atoms with E-state index in [-0.39, 0.29) is 20.0 Å². The second kappa shape index (κ2) is 16.8. The number of aromatic nitrogens is 1. The van der Waals surface area contributed by atoms with Gasteiger partial charge in [-0.25, -0.2) is 25.3 Å². The zero-order chi connectivity index (χ0) is 43.1. The van der Waals surface area contributed by atoms with E-state index < -0.39 is 120 Å². The smallest absolute Gasteiger partial charge is 0.325 e. The van der Waals surface area contributed by atoms with Gasteiger partial charge in [-0.15, -0.1) is 0 Å². The minimum Gasteiger partial charge on any atom is -0.395 e. The summed E-state index contributed by atoms with van der Waals surface area (Å²) >= 11 is 0. The van der Waals surface area contributed by atoms with Crippen LogP contribution in [0, 0.1) is 20.8 Å². The molecule has 316 valence electrons. The number of hydrogen-bond acceptors (Lipinski definition) is 15. The Morgan fingerprint density at radius 2 is 0.828 bits per heavy atom. The fraction of sp³-hybridized carbons (Fsp3) is 0.324. The lowest BCUT2D eigenvalue weighted by Gasteiger charge is -2.39. The third-order valence-corrected chi connectivity index (χ3v) is 25.0. The Hall–Kier alpha value is -3.69. The van der Waals surface area contributed by atoms with Gasteiger partial charge in [-0.1, -0.05) is 59.2 Å². The van der Waals surface area contributed by atoms with Crippen LogP contribution in [0.4, 0.5) is 0 Å². The second-order valence-corrected chi connectivity index (χ2v) is 29.2. The maximum absolute atomic E-state index is 14.5. The van der Waals surface area contributed by atoms with Crippen LogP contribution in [0.5, 0.6) is 0 Å². The van der Waals surface area contributed by atoms with Gasteiger partial charge in [0.05, 0.1) is 64.5 Å². The molecule has 0 saturated carbocycles. The van der Waals surface area contributed by atoms with Gasteiger partial charge in [0.25, 0.3) is 26.6 Å². The van der Waals surface area contributed by atoms with Crippen molar-refractivity contribution in [2.75, 3.05) is 26.3 Å². The molecule has 1 aromatic heterocycles. The molecule has 2 N–H and O–H groups in total. The van der Waals surface area contributed by atoms with Gasteiger partial charge in [0.2, 0.25) is 0 Å². The molecule has 3 aromatic carbocycles. The van der Waals surface area contributed by atoms with Gasteiger partial charge in [-0.05, 0) is 69.3 Å². The topological polar surface area (TPSA) is 268 Å². The van der Waals surface area contributed by atoms with E-state index in [2.05, 4.69) is 4.98 Å². The van der Waals surface area contributed by atoms with E-state index in [1.165, 1.54) is 54.6 Å². The standard InChI is InChI=1S/C34H40N4O14S6/c1-25-7-13-30(14-8-25)53(41,42)56(47,48)36-19-20-37(57(49,50)54(43,44)31-15-9-26(2)10-16-31)33(23-39)34(24-40)38(22-29-6-4-5-28(21-36)35-29)58(51,52)55(45,46)32-17-11-27(3)12-18-32/h4-18,33-34,39-40H,19-24H2,1-3H3. The van der Waals surface area contributed by atoms with E-state index in [0.717, 1.165) is 36.4 Å². The molecule has 58 heavy (non-hydrogen) atoms. The molecule has 4 aromatic rings. The van der Waals surface area contributed by atoms with Crippen molar-refractivity contribution in [2.24, 2.45) is 0 Å². The van der Waals surface area contributed by atoms with Crippen molar-refractivity contribution in [3.05, 3.63) is 119 Å². The number of aryl methyl sites for hydroxylation is 3. The minimum atomic E-state index is -5.93. The Kier molecular flexibility index (Phi) is 13.1. The molecule has 0 saturated heterocycles. The van der Waals surface area contributed by atoms with Gasteiger partial charge >= 0.3 is 27.2 Å². The first-order chi connectivity index (χ1) is 26.9. The number of fused-ring (bicyclic) bond motifs is 2. The van der Waals surface area contributed by atoms with Crippen molar-refractivity contribution in [1.82, 2.24) is 17.9 Å². The summed E-state index contributed by atoms with van der Waals surface area (Å²) in [7, 11) is -33.6. The zero-order valence-electron chi connectivity index (χ0n) is 31.1. The Morgan fingerprint density at radius 1 is 0.483 bits per heavy atom. The Bertz CT molecular complexity index is 2840. The highest BCUT2D eigenvalue weighted by Crippen LogP contribution is 2.32. The van der Waals surface area contributed by atoms with Crippen LogP contribution >= 0.6 is 0 Å². The van der Waals surface area contributed by atoms with Crippen molar-refractivity contribution in [1.29, 1.82) is 0 Å². The summed E-state index contributed by atoms with van der Waals surface area (Å²) in [6.07, 6.45) is 0. The van der Waals surface area contributed by atoms with Crippen LogP contribution in [0.15, 0.2) is 106 Å². The average Bonchev–Trinajstić information content (AvgIpc) is 3.16. The molecule has 0 spiro atoms. The van der Waals surface area contributed by atoms with Crippen LogP contribution in [-0.2, 0) is 66.9 Å². The lowest BCUT2D eigenvalue weighted by Crippen LogP contribution is -2.60. The third kappa shape index (κ3) is 8.37. The first-order valence-electron chi connectivity index (χ1n) is 17.1. The predicted molar refractivity (Wildman–Crippen MR) is 210 cm³/mol. The van der Waals surface area contributed by atoms with E-state index in [9.17, 15) is 60.7 Å². The maximum Gasteiger partial charge on any atom is 0.325 e. The summed E-state index contributed by atoms with van der Waals surface area (Å²) in [5.41, 5.74) is 1.17. The van der Waals surface area contributed by atoms with Gasteiger partial charge < -0.3 is 10.2 Å². The number of aliphatic hydroxyl groups excluding tert-OH is 2. The maximum atomic E-state index is 14.5. The molecule has 0 fully saturated rings. The quantitative estimate of drug-likeness (QED) is 0.197. The van der Waals surface area contributed by atoms with Gasteiger partial charge in [-0.2, -0.15) is 38.2 Å². The highest BCUT2D eigenvalue weighted by atomic mass is 33.2. The summed E-state index contributed by atoms with van der Waals surface area (Å²) in [6.45, 7) is -2.49. The summed E-state index contributed by atoms with van der Waals surface area (Å²) < 4.78 is 170. The molecule has 18 nitrogen and oxygen atoms in total. The molecule has 1 aliphatic heterocycles. The van der Waals surface area contributed by atoms with Crippen LogP contribution in [0.3, 0.4) is 0 Å². The Labute approximate surface area is 336 Å². The molecule has 2 bridgehead atoms. The summed E-state index contributed by atoms with van der Waals surface area (Å²) in [5.74, 6) is 0. The van der Waals surface area contributed by atoms with E-state index in [4.69, 9.17) is 0 Å². The van der Waals surface area contributed by atoms with Crippen LogP contribution in [-0.4, -0.2) is 117 Å². The molecule has 5 rings (SSSR count). The number of benzene rings is 3. The molecular weight excluding hydrogens is 881 g/mol. The van der Waals surface area contributed by atoms with Crippen LogP contribution in [0.25, 0.3) is 0 Å². The summed E-state index contributed by atoms with van der Waals surface area (Å²) in [5, 5.41) is 21.7. The van der Waals surface area contributed by atoms with Gasteiger partial charge in [0.15, 0.2) is 0 Å². The monoisotopic (exact) mass is 920 g/mol. The van der Waals surface area contributed by atoms with Crippen molar-refractivity contribution >= 4 is 53.8 Å². The van der Waals surface area contributed by atoms with Crippen LogP contribution < -0.4 is 0 Å². The number of aliphatic hydroxyl groups is 2. The fourth-order valence-corrected chi connectivity index (χ4v) is 18.2. The molecule has 0 radical (unpaired) electrons. The molecule has 2 atom stereocenters. The van der Waals surface area contributed by atoms with E-state index in [1.54, 1.807) is 20.8 Å². The molecular formula is C34H40N4O14S6. The lowest BCUT2D eigenvalue weighted by molar-refractivity contribution is 0.0780. The molecule has 24 heteroatoms. The van der Waals surface area contributed by atoms with Crippen molar-refractivity contribution < 1.29 is 60.7 Å². The molecule has 0 aliphatic carbocycles. The molecule has 2 heterocycles. The summed E-state index contributed by atoms with van der Waals surface area (Å²) in [6, 6.07) is 12.9. The highest BCUT2D eigenvalue weighted by molar-refractivity contribution is 8.67. The van der Waals surface area contributed by atoms with E-state index in [1.807, 2.05) is 0 Å². The number of hydrogen-bond donors (Lipinski definition) is 2. The third-order valence-electron chi connectivity index (χ3n) is 9.30. The summed E-state index contributed by atoms with van der Waals surface area (Å²) in [4.78, 5) is 2.10. The minimum absolute atomic E-state index is 0.0223. The van der Waals surface area contributed by atoms with Gasteiger partial charge in [-0.3, -0.25) is 4.98 Å². The number of rotatable bonds is 11. The number of nitrogens with zero attached hydrogens (tertiary/aromatic N) is 4. The largest absolute Gasteiger partial charge is 0.395 e. The van der Waals surface area contributed by atoms with Crippen LogP contribution in [0.2, 0.25) is 0 Å². The fourth-order valence-electron chi connectivity index (χ4n) is 6.01. The van der Waals surface area contributed by atoms with Crippen molar-refractivity contribution in [2.45, 2.75) is 60.6 Å². The van der Waals surface area contributed by atoms with E-state index in [0.29, 0.717) is 21.0 Å². The number of pyridine rings is 1. The Morgan fingerprint density at radius 3 is 1.22 bits per heavy atom. The molecule has 0 amide bonds. The van der Waals surface area contributed by atoms with Crippen molar-refractivity contribution in [3.8, 4) is 0 Å². The second-order valence-electron chi connectivity index (χ2n) is 13.3. The first kappa shape index (κ1) is 45.4. The average molecular weight is 921 g/mol. The lowest BCUT2D eigenvalue weighted by atomic mass is 10.1. The molecule has 2 unspecified atom stereocenters. The van der Waals surface area contributed by atoms with Crippen molar-refractivity contribution in [3.63, 3.8) is 0 Å². The van der Waals surface area contributed by atoms with Gasteiger partial charge in [0.1, 0.15) is 0 Å². The predicted octanol–water partition coefficient (Wildman–Crippen LogP) is 0.804. The molecule has 1 aliphatic rings. The first-order valence-corrected chi connectivity index (χ1v) is 27.4. The van der Waals surface area contributed by atoms with Gasteiger partial charge in [0, 0.05) is 13.1 Å². The SMILES string of the molecule is Cc1ccc(S(=O)(=O)S(=O)(=O)N2CCN(S(=O)(=O)S(=O)(=O)c3ccc(C)cc3)C(CO)C(CO)N(S(=O)(=O)S(=O)(=O)c3ccc(C)cc3)Cc3cccc(n3)C2)cc1. The zero-order valence-corrected chi connectivity index (χ0v) is 36.0. The van der Waals surface area contributed by atoms with Crippen LogP contribution in [0.1, 0.15) is 28.1 Å².